The van der Waals surface area contributed by atoms with E-state index in [0.717, 1.165) is 28.3 Å². The van der Waals surface area contributed by atoms with Gasteiger partial charge in [-0.15, -0.1) is 10.2 Å². The van der Waals surface area contributed by atoms with Gasteiger partial charge in [-0.25, -0.2) is 0 Å². The molecule has 0 radical (unpaired) electrons. The van der Waals surface area contributed by atoms with Gasteiger partial charge in [-0.2, -0.15) is 13.2 Å². The number of hydrogen-bond donors (Lipinski definition) is 1. The van der Waals surface area contributed by atoms with Crippen LogP contribution in [0.3, 0.4) is 0 Å². The van der Waals surface area contributed by atoms with Crippen LogP contribution < -0.4 is 5.32 Å². The lowest BCUT2D eigenvalue weighted by molar-refractivity contribution is -0.147. The lowest BCUT2D eigenvalue weighted by Crippen LogP contribution is -2.28. The van der Waals surface area contributed by atoms with Gasteiger partial charge in [0.25, 0.3) is 0 Å². The Morgan fingerprint density at radius 1 is 1.19 bits per heavy atom. The van der Waals surface area contributed by atoms with Gasteiger partial charge in [-0.1, -0.05) is 49.9 Å². The summed E-state index contributed by atoms with van der Waals surface area (Å²) < 4.78 is 39.0. The third-order valence-corrected chi connectivity index (χ3v) is 4.94. The maximum atomic E-state index is 12.7. The first-order valence-corrected chi connectivity index (χ1v) is 9.54. The molecular formula is C18H23F3N4OS. The molecule has 1 unspecified atom stereocenters. The van der Waals surface area contributed by atoms with Crippen molar-refractivity contribution in [1.29, 1.82) is 0 Å². The number of carbonyl (C=O) groups excluding carboxylic acids is 1. The lowest BCUT2D eigenvalue weighted by Gasteiger charge is -2.15. The minimum absolute atomic E-state index is 0.0421. The van der Waals surface area contributed by atoms with Gasteiger partial charge in [0.1, 0.15) is 0 Å². The number of benzene rings is 1. The monoisotopic (exact) mass is 400 g/mol. The molecule has 2 rings (SSSR count). The van der Waals surface area contributed by atoms with Gasteiger partial charge in [0, 0.05) is 7.05 Å². The molecule has 27 heavy (non-hydrogen) atoms. The Labute approximate surface area is 160 Å². The Hall–Kier alpha value is -2.03. The van der Waals surface area contributed by atoms with Crippen LogP contribution in [0.2, 0.25) is 0 Å². The predicted molar refractivity (Wildman–Crippen MR) is 98.3 cm³/mol. The molecule has 1 heterocycles. The fourth-order valence-electron chi connectivity index (χ4n) is 2.60. The summed E-state index contributed by atoms with van der Waals surface area (Å²) in [6.07, 6.45) is -3.58. The SMILES string of the molecule is CC(C)Cc1ccc(C(C)NC(=O)CSc2nnc(C(F)(F)F)n2C)cc1. The first-order chi connectivity index (χ1) is 12.6. The summed E-state index contributed by atoms with van der Waals surface area (Å²) in [5.41, 5.74) is 2.21. The molecule has 9 heteroatoms. The normalized spacial score (nSPS) is 13.0. The van der Waals surface area contributed by atoms with E-state index in [1.165, 1.54) is 12.6 Å². The zero-order valence-corrected chi connectivity index (χ0v) is 16.5. The van der Waals surface area contributed by atoms with Crippen molar-refractivity contribution < 1.29 is 18.0 Å². The third-order valence-electron chi connectivity index (χ3n) is 3.92. The van der Waals surface area contributed by atoms with Gasteiger partial charge in [0.15, 0.2) is 5.16 Å². The van der Waals surface area contributed by atoms with Crippen LogP contribution in [0.1, 0.15) is 43.8 Å². The van der Waals surface area contributed by atoms with Crippen molar-refractivity contribution in [3.63, 3.8) is 0 Å². The van der Waals surface area contributed by atoms with Crippen LogP contribution in [0, 0.1) is 5.92 Å². The summed E-state index contributed by atoms with van der Waals surface area (Å²) >= 11 is 0.916. The van der Waals surface area contributed by atoms with E-state index in [1.807, 2.05) is 31.2 Å². The van der Waals surface area contributed by atoms with Gasteiger partial charge in [0.05, 0.1) is 11.8 Å². The first kappa shape index (κ1) is 21.3. The number of alkyl halides is 3. The molecule has 1 aromatic heterocycles. The molecule has 1 N–H and O–H groups in total. The van der Waals surface area contributed by atoms with Gasteiger partial charge < -0.3 is 9.88 Å². The second kappa shape index (κ2) is 8.77. The molecule has 0 aliphatic heterocycles. The van der Waals surface area contributed by atoms with Crippen molar-refractivity contribution in [2.24, 2.45) is 13.0 Å². The molecule has 0 saturated heterocycles. The van der Waals surface area contributed by atoms with Crippen LogP contribution in [0.25, 0.3) is 0 Å². The van der Waals surface area contributed by atoms with E-state index in [2.05, 4.69) is 29.4 Å². The van der Waals surface area contributed by atoms with Gasteiger partial charge >= 0.3 is 6.18 Å². The number of hydrogen-bond acceptors (Lipinski definition) is 4. The highest BCUT2D eigenvalue weighted by Gasteiger charge is 2.37. The molecular weight excluding hydrogens is 377 g/mol. The zero-order chi connectivity index (χ0) is 20.2. The second-order valence-corrected chi connectivity index (χ2v) is 7.72. The van der Waals surface area contributed by atoms with Crippen molar-refractivity contribution in [2.45, 2.75) is 44.6 Å². The molecule has 0 spiro atoms. The number of amides is 1. The molecule has 1 atom stereocenters. The number of aromatic nitrogens is 3. The van der Waals surface area contributed by atoms with E-state index in [4.69, 9.17) is 0 Å². The Morgan fingerprint density at radius 3 is 2.33 bits per heavy atom. The van der Waals surface area contributed by atoms with Crippen molar-refractivity contribution in [1.82, 2.24) is 20.1 Å². The van der Waals surface area contributed by atoms with Crippen LogP contribution in [-0.4, -0.2) is 26.4 Å². The van der Waals surface area contributed by atoms with Crippen LogP contribution in [0.4, 0.5) is 13.2 Å². The summed E-state index contributed by atoms with van der Waals surface area (Å²) in [5, 5.41) is 9.53. The van der Waals surface area contributed by atoms with Crippen molar-refractivity contribution in [3.8, 4) is 0 Å². The van der Waals surface area contributed by atoms with E-state index in [-0.39, 0.29) is 22.9 Å². The maximum Gasteiger partial charge on any atom is 0.451 e. The van der Waals surface area contributed by atoms with Crippen LogP contribution in [0.15, 0.2) is 29.4 Å². The average Bonchev–Trinajstić information content (AvgIpc) is 2.94. The van der Waals surface area contributed by atoms with Crippen molar-refractivity contribution >= 4 is 17.7 Å². The summed E-state index contributed by atoms with van der Waals surface area (Å²) in [7, 11) is 1.23. The van der Waals surface area contributed by atoms with E-state index in [1.54, 1.807) is 0 Å². The number of nitrogens with zero attached hydrogens (tertiary/aromatic N) is 3. The topological polar surface area (TPSA) is 59.8 Å². The quantitative estimate of drug-likeness (QED) is 0.714. The van der Waals surface area contributed by atoms with Crippen LogP contribution in [-0.2, 0) is 24.4 Å². The number of carbonyl (C=O) groups is 1. The van der Waals surface area contributed by atoms with Gasteiger partial charge in [-0.3, -0.25) is 4.79 Å². The van der Waals surface area contributed by atoms with E-state index >= 15 is 0 Å². The first-order valence-electron chi connectivity index (χ1n) is 8.55. The largest absolute Gasteiger partial charge is 0.451 e. The zero-order valence-electron chi connectivity index (χ0n) is 15.7. The van der Waals surface area contributed by atoms with E-state index in [9.17, 15) is 18.0 Å². The van der Waals surface area contributed by atoms with Crippen molar-refractivity contribution in [3.05, 3.63) is 41.2 Å². The summed E-state index contributed by atoms with van der Waals surface area (Å²) in [6, 6.07) is 7.86. The summed E-state index contributed by atoms with van der Waals surface area (Å²) in [5.74, 6) is -0.835. The minimum Gasteiger partial charge on any atom is -0.349 e. The number of nitrogens with one attached hydrogen (secondary N) is 1. The molecule has 2 aromatic rings. The van der Waals surface area contributed by atoms with E-state index in [0.29, 0.717) is 5.92 Å². The molecule has 0 aliphatic carbocycles. The number of halogens is 3. The Kier molecular flexibility index (Phi) is 6.91. The molecule has 0 saturated carbocycles. The lowest BCUT2D eigenvalue weighted by atomic mass is 10.00. The second-order valence-electron chi connectivity index (χ2n) is 6.78. The fraction of sp³-hybridized carbons (Fsp3) is 0.500. The molecule has 5 nitrogen and oxygen atoms in total. The molecule has 0 bridgehead atoms. The van der Waals surface area contributed by atoms with Crippen LogP contribution >= 0.6 is 11.8 Å². The van der Waals surface area contributed by atoms with Crippen LogP contribution in [0.5, 0.6) is 0 Å². The maximum absolute atomic E-state index is 12.7. The smallest absolute Gasteiger partial charge is 0.349 e. The minimum atomic E-state index is -4.57. The molecule has 1 aromatic carbocycles. The summed E-state index contributed by atoms with van der Waals surface area (Å²) in [6.45, 7) is 6.18. The Bertz CT molecular complexity index is 772. The van der Waals surface area contributed by atoms with Crippen molar-refractivity contribution in [2.75, 3.05) is 5.75 Å². The molecule has 1 amide bonds. The predicted octanol–water partition coefficient (Wildman–Crippen LogP) is 4.00. The fourth-order valence-corrected chi connectivity index (χ4v) is 3.32. The van der Waals surface area contributed by atoms with Gasteiger partial charge in [0.2, 0.25) is 11.7 Å². The molecule has 0 aliphatic rings. The van der Waals surface area contributed by atoms with Gasteiger partial charge in [-0.05, 0) is 30.4 Å². The van der Waals surface area contributed by atoms with E-state index < -0.39 is 12.0 Å². The third kappa shape index (κ3) is 5.98. The number of thioether (sulfide) groups is 1. The molecule has 0 fully saturated rings. The summed E-state index contributed by atoms with van der Waals surface area (Å²) in [4.78, 5) is 12.1. The standard InChI is InChI=1S/C18H23F3N4OS/c1-11(2)9-13-5-7-14(8-6-13)12(3)22-15(26)10-27-17-24-23-16(25(17)4)18(19,20)21/h5-8,11-12H,9-10H2,1-4H3,(H,22,26). The highest BCUT2D eigenvalue weighted by molar-refractivity contribution is 7.99. The highest BCUT2D eigenvalue weighted by atomic mass is 32.2. The Morgan fingerprint density at radius 2 is 1.81 bits per heavy atom. The number of rotatable bonds is 7. The average molecular weight is 400 g/mol. The highest BCUT2D eigenvalue weighted by Crippen LogP contribution is 2.29. The molecule has 148 valence electrons. The Balaban J connectivity index is 1.89.